The lowest BCUT2D eigenvalue weighted by molar-refractivity contribution is 0.196. The molecule has 0 amide bonds. The summed E-state index contributed by atoms with van der Waals surface area (Å²) in [5, 5.41) is 0. The summed E-state index contributed by atoms with van der Waals surface area (Å²) in [5.74, 6) is 6.23. The van der Waals surface area contributed by atoms with E-state index in [1.165, 1.54) is 17.9 Å². The third-order valence-electron chi connectivity index (χ3n) is 3.40. The Morgan fingerprint density at radius 2 is 1.85 bits per heavy atom. The van der Waals surface area contributed by atoms with E-state index in [0.717, 1.165) is 17.8 Å². The van der Waals surface area contributed by atoms with Crippen molar-refractivity contribution in [3.05, 3.63) is 0 Å². The predicted molar refractivity (Wildman–Crippen MR) is 61.2 cm³/mol. The van der Waals surface area contributed by atoms with E-state index in [1.807, 2.05) is 0 Å². The van der Waals surface area contributed by atoms with Gasteiger partial charge in [-0.15, -0.1) is 0 Å². The Balaban J connectivity index is 1.46. The molecule has 0 N–H and O–H groups in total. The van der Waals surface area contributed by atoms with Crippen molar-refractivity contribution >= 4 is 11.8 Å². The van der Waals surface area contributed by atoms with Crippen LogP contribution in [0, 0.1) is 17.8 Å². The van der Waals surface area contributed by atoms with Crippen molar-refractivity contribution in [1.29, 1.82) is 0 Å². The molecule has 0 nitrogen and oxygen atoms in total. The minimum Gasteiger partial charge on any atom is -0.162 e. The van der Waals surface area contributed by atoms with Crippen molar-refractivity contribution in [3.63, 3.8) is 0 Å². The van der Waals surface area contributed by atoms with Crippen LogP contribution >= 0.6 is 11.8 Å². The molecule has 76 valence electrons. The lowest BCUT2D eigenvalue weighted by atomic mass is 9.73. The predicted octanol–water partition coefficient (Wildman–Crippen LogP) is 3.96. The second kappa shape index (κ2) is 4.72. The Bertz CT molecular complexity index is 145. The van der Waals surface area contributed by atoms with Crippen molar-refractivity contribution in [2.75, 3.05) is 11.5 Å². The summed E-state index contributed by atoms with van der Waals surface area (Å²) in [6.45, 7) is 2.28. The van der Waals surface area contributed by atoms with Crippen molar-refractivity contribution < 1.29 is 0 Å². The van der Waals surface area contributed by atoms with Gasteiger partial charge in [0, 0.05) is 0 Å². The minimum absolute atomic E-state index is 1.10. The topological polar surface area (TPSA) is 0 Å². The standard InChI is InChI=1S/C12H22S/c1-2-5-13-9-12-7-11(8-12)6-10-3-4-10/h10-12H,2-9H2,1H3. The Morgan fingerprint density at radius 1 is 1.08 bits per heavy atom. The zero-order valence-electron chi connectivity index (χ0n) is 8.80. The average Bonchev–Trinajstić information content (AvgIpc) is 2.83. The van der Waals surface area contributed by atoms with Gasteiger partial charge >= 0.3 is 0 Å². The molecule has 2 aliphatic carbocycles. The Kier molecular flexibility index (Phi) is 3.59. The Labute approximate surface area is 86.9 Å². The molecular weight excluding hydrogens is 176 g/mol. The molecule has 0 aromatic heterocycles. The first-order valence-corrected chi connectivity index (χ1v) is 7.11. The molecule has 0 heterocycles. The normalized spacial score (nSPS) is 33.0. The summed E-state index contributed by atoms with van der Waals surface area (Å²) >= 11 is 2.17. The van der Waals surface area contributed by atoms with Crippen LogP contribution in [0.2, 0.25) is 0 Å². The highest BCUT2D eigenvalue weighted by Crippen LogP contribution is 2.45. The maximum Gasteiger partial charge on any atom is -0.00389 e. The summed E-state index contributed by atoms with van der Waals surface area (Å²) < 4.78 is 0. The molecule has 2 fully saturated rings. The number of thioether (sulfide) groups is 1. The summed E-state index contributed by atoms with van der Waals surface area (Å²) in [6.07, 6.45) is 9.15. The van der Waals surface area contributed by atoms with Crippen molar-refractivity contribution in [1.82, 2.24) is 0 Å². The van der Waals surface area contributed by atoms with Crippen LogP contribution in [0.3, 0.4) is 0 Å². The lowest BCUT2D eigenvalue weighted by Crippen LogP contribution is -2.25. The molecule has 0 saturated heterocycles. The zero-order chi connectivity index (χ0) is 9.10. The summed E-state index contributed by atoms with van der Waals surface area (Å²) in [4.78, 5) is 0. The molecule has 0 unspecified atom stereocenters. The van der Waals surface area contributed by atoms with Gasteiger partial charge in [-0.25, -0.2) is 0 Å². The van der Waals surface area contributed by atoms with E-state index in [2.05, 4.69) is 18.7 Å². The summed E-state index contributed by atoms with van der Waals surface area (Å²) in [5.41, 5.74) is 0. The molecule has 1 heteroatoms. The van der Waals surface area contributed by atoms with Crippen LogP contribution in [-0.2, 0) is 0 Å². The van der Waals surface area contributed by atoms with E-state index in [1.54, 1.807) is 32.1 Å². The van der Waals surface area contributed by atoms with Crippen LogP contribution in [0.4, 0.5) is 0 Å². The highest BCUT2D eigenvalue weighted by Gasteiger charge is 2.33. The molecule has 2 rings (SSSR count). The van der Waals surface area contributed by atoms with E-state index in [-0.39, 0.29) is 0 Å². The third kappa shape index (κ3) is 3.19. The SMILES string of the molecule is CCCSCC1CC(CC2CC2)C1. The molecule has 2 saturated carbocycles. The van der Waals surface area contributed by atoms with Gasteiger partial charge in [-0.2, -0.15) is 11.8 Å². The molecule has 2 aliphatic rings. The fourth-order valence-corrected chi connectivity index (χ4v) is 3.48. The average molecular weight is 198 g/mol. The van der Waals surface area contributed by atoms with Gasteiger partial charge in [0.1, 0.15) is 0 Å². The fraction of sp³-hybridized carbons (Fsp3) is 1.00. The van der Waals surface area contributed by atoms with E-state index in [4.69, 9.17) is 0 Å². The second-order valence-electron chi connectivity index (χ2n) is 4.96. The largest absolute Gasteiger partial charge is 0.162 e. The van der Waals surface area contributed by atoms with Crippen LogP contribution in [0.5, 0.6) is 0 Å². The zero-order valence-corrected chi connectivity index (χ0v) is 9.61. The molecule has 0 aromatic rings. The van der Waals surface area contributed by atoms with Gasteiger partial charge in [0.15, 0.2) is 0 Å². The first kappa shape index (κ1) is 9.89. The van der Waals surface area contributed by atoms with Gasteiger partial charge in [0.05, 0.1) is 0 Å². The molecule has 0 bridgehead atoms. The van der Waals surface area contributed by atoms with Crippen LogP contribution in [0.25, 0.3) is 0 Å². The van der Waals surface area contributed by atoms with Crippen molar-refractivity contribution in [2.45, 2.75) is 45.4 Å². The van der Waals surface area contributed by atoms with Crippen molar-refractivity contribution in [3.8, 4) is 0 Å². The van der Waals surface area contributed by atoms with Gasteiger partial charge in [0.2, 0.25) is 0 Å². The van der Waals surface area contributed by atoms with E-state index < -0.39 is 0 Å². The summed E-state index contributed by atoms with van der Waals surface area (Å²) in [6, 6.07) is 0. The molecular formula is C12H22S. The van der Waals surface area contributed by atoms with Gasteiger partial charge in [-0.1, -0.05) is 19.8 Å². The quantitative estimate of drug-likeness (QED) is 0.582. The molecule has 0 atom stereocenters. The maximum atomic E-state index is 2.28. The third-order valence-corrected chi connectivity index (χ3v) is 4.80. The minimum atomic E-state index is 1.10. The second-order valence-corrected chi connectivity index (χ2v) is 6.11. The molecule has 13 heavy (non-hydrogen) atoms. The van der Waals surface area contributed by atoms with Gasteiger partial charge in [-0.05, 0) is 54.9 Å². The molecule has 0 aromatic carbocycles. The van der Waals surface area contributed by atoms with Gasteiger partial charge in [0.25, 0.3) is 0 Å². The number of hydrogen-bond donors (Lipinski definition) is 0. The van der Waals surface area contributed by atoms with Crippen LogP contribution < -0.4 is 0 Å². The smallest absolute Gasteiger partial charge is 0.00389 e. The number of rotatable bonds is 6. The maximum absolute atomic E-state index is 2.28. The Morgan fingerprint density at radius 3 is 2.46 bits per heavy atom. The highest BCUT2D eigenvalue weighted by atomic mass is 32.2. The number of hydrogen-bond acceptors (Lipinski definition) is 1. The van der Waals surface area contributed by atoms with Gasteiger partial charge in [-0.3, -0.25) is 0 Å². The van der Waals surface area contributed by atoms with Crippen LogP contribution in [-0.4, -0.2) is 11.5 Å². The molecule has 0 spiro atoms. The van der Waals surface area contributed by atoms with E-state index in [9.17, 15) is 0 Å². The van der Waals surface area contributed by atoms with Crippen LogP contribution in [0.1, 0.15) is 45.4 Å². The first-order chi connectivity index (χ1) is 6.38. The van der Waals surface area contributed by atoms with E-state index in [0.29, 0.717) is 0 Å². The van der Waals surface area contributed by atoms with E-state index >= 15 is 0 Å². The first-order valence-electron chi connectivity index (χ1n) is 5.96. The Hall–Kier alpha value is 0.350. The monoisotopic (exact) mass is 198 g/mol. The highest BCUT2D eigenvalue weighted by molar-refractivity contribution is 7.99. The lowest BCUT2D eigenvalue weighted by Gasteiger charge is -2.35. The molecule has 0 radical (unpaired) electrons. The summed E-state index contributed by atoms with van der Waals surface area (Å²) in [7, 11) is 0. The molecule has 0 aliphatic heterocycles. The van der Waals surface area contributed by atoms with Gasteiger partial charge < -0.3 is 0 Å². The fourth-order valence-electron chi connectivity index (χ4n) is 2.42. The van der Waals surface area contributed by atoms with Crippen LogP contribution in [0.15, 0.2) is 0 Å². The van der Waals surface area contributed by atoms with Crippen molar-refractivity contribution in [2.24, 2.45) is 17.8 Å².